The second-order valence-electron chi connectivity index (χ2n) is 2.62. The zero-order valence-electron chi connectivity index (χ0n) is 8.02. The van der Waals surface area contributed by atoms with Crippen molar-refractivity contribution < 1.29 is 4.74 Å². The van der Waals surface area contributed by atoms with Crippen molar-refractivity contribution in [3.63, 3.8) is 0 Å². The van der Waals surface area contributed by atoms with Crippen LogP contribution in [0.25, 0.3) is 0 Å². The molecule has 0 fully saturated rings. The van der Waals surface area contributed by atoms with Gasteiger partial charge in [-0.25, -0.2) is 9.89 Å². The smallest absolute Gasteiger partial charge is 0.343 e. The van der Waals surface area contributed by atoms with E-state index < -0.39 is 0 Å². The Kier molecular flexibility index (Phi) is 4.71. The van der Waals surface area contributed by atoms with Crippen molar-refractivity contribution in [3.05, 3.63) is 10.5 Å². The van der Waals surface area contributed by atoms with Crippen LogP contribution in [0, 0.1) is 0 Å². The third kappa shape index (κ3) is 3.17. The Morgan fingerprint density at radius 3 is 3.00 bits per heavy atom. The van der Waals surface area contributed by atoms with Crippen LogP contribution < -0.4 is 11.4 Å². The van der Waals surface area contributed by atoms with Gasteiger partial charge in [0, 0.05) is 19.3 Å². The van der Waals surface area contributed by atoms with Crippen LogP contribution in [0.3, 0.4) is 0 Å². The van der Waals surface area contributed by atoms with Crippen molar-refractivity contribution in [3.8, 4) is 0 Å². The average molecular weight is 218 g/mol. The fourth-order valence-electron chi connectivity index (χ4n) is 0.839. The quantitative estimate of drug-likeness (QED) is 0.481. The number of nitrogens with one attached hydrogen (secondary N) is 1. The molecule has 0 radical (unpaired) electrons. The predicted molar refractivity (Wildman–Crippen MR) is 54.4 cm³/mol. The van der Waals surface area contributed by atoms with Crippen LogP contribution in [-0.4, -0.2) is 40.3 Å². The second-order valence-corrected chi connectivity index (χ2v) is 3.68. The van der Waals surface area contributed by atoms with Crippen molar-refractivity contribution in [1.82, 2.24) is 14.8 Å². The largest absolute Gasteiger partial charge is 0.379 e. The maximum Gasteiger partial charge on any atom is 0.343 e. The first-order chi connectivity index (χ1) is 6.75. The summed E-state index contributed by atoms with van der Waals surface area (Å²) < 4.78 is 6.65. The fraction of sp³-hybridized carbons (Fsp3) is 0.714. The molecular weight excluding hydrogens is 204 g/mol. The summed E-state index contributed by atoms with van der Waals surface area (Å²) in [6.45, 7) is 1.72. The van der Waals surface area contributed by atoms with Crippen molar-refractivity contribution in [1.29, 1.82) is 0 Å². The van der Waals surface area contributed by atoms with Gasteiger partial charge in [0.1, 0.15) is 0 Å². The van der Waals surface area contributed by atoms with Gasteiger partial charge in [-0.1, -0.05) is 11.8 Å². The third-order valence-corrected chi connectivity index (χ3v) is 2.55. The molecule has 1 heterocycles. The number of nitrogens with zero attached hydrogens (tertiary/aromatic N) is 2. The van der Waals surface area contributed by atoms with Crippen LogP contribution in [0.2, 0.25) is 0 Å². The molecule has 3 N–H and O–H groups in total. The minimum atomic E-state index is -0.199. The molecule has 1 aromatic heterocycles. The molecule has 0 aliphatic rings. The first-order valence-electron chi connectivity index (χ1n) is 4.27. The Morgan fingerprint density at radius 1 is 1.64 bits per heavy atom. The van der Waals surface area contributed by atoms with Crippen LogP contribution >= 0.6 is 11.8 Å². The van der Waals surface area contributed by atoms with Gasteiger partial charge in [0.2, 0.25) is 0 Å². The number of aromatic amines is 1. The minimum Gasteiger partial charge on any atom is -0.379 e. The van der Waals surface area contributed by atoms with Gasteiger partial charge in [-0.05, 0) is 0 Å². The van der Waals surface area contributed by atoms with Gasteiger partial charge in [0.05, 0.1) is 13.2 Å². The maximum atomic E-state index is 11.0. The highest BCUT2D eigenvalue weighted by atomic mass is 32.2. The number of hydrogen-bond donors (Lipinski definition) is 2. The summed E-state index contributed by atoms with van der Waals surface area (Å²) in [4.78, 5) is 11.0. The summed E-state index contributed by atoms with van der Waals surface area (Å²) in [5.74, 6) is 0.762. The molecule has 1 rings (SSSR count). The number of thioether (sulfide) groups is 1. The Hall–Kier alpha value is -0.790. The van der Waals surface area contributed by atoms with Gasteiger partial charge in [-0.3, -0.25) is 4.57 Å². The number of ether oxygens (including phenoxy) is 1. The second kappa shape index (κ2) is 5.84. The van der Waals surface area contributed by atoms with Crippen molar-refractivity contribution >= 4 is 11.8 Å². The van der Waals surface area contributed by atoms with Crippen molar-refractivity contribution in [2.75, 3.05) is 25.5 Å². The minimum absolute atomic E-state index is 0.199. The molecule has 0 aliphatic heterocycles. The van der Waals surface area contributed by atoms with E-state index in [0.29, 0.717) is 24.9 Å². The van der Waals surface area contributed by atoms with Gasteiger partial charge in [-0.2, -0.15) is 0 Å². The van der Waals surface area contributed by atoms with E-state index in [4.69, 9.17) is 10.5 Å². The highest BCUT2D eigenvalue weighted by Crippen LogP contribution is 2.10. The highest BCUT2D eigenvalue weighted by molar-refractivity contribution is 7.99. The van der Waals surface area contributed by atoms with Gasteiger partial charge >= 0.3 is 5.69 Å². The van der Waals surface area contributed by atoms with E-state index in [9.17, 15) is 4.79 Å². The Balaban J connectivity index is 2.25. The van der Waals surface area contributed by atoms with E-state index in [2.05, 4.69) is 10.2 Å². The van der Waals surface area contributed by atoms with Gasteiger partial charge in [-0.15, -0.1) is 5.10 Å². The zero-order chi connectivity index (χ0) is 10.4. The molecule has 0 saturated carbocycles. The van der Waals surface area contributed by atoms with Crippen LogP contribution in [-0.2, 0) is 11.8 Å². The average Bonchev–Trinajstić information content (AvgIpc) is 2.49. The van der Waals surface area contributed by atoms with Crippen LogP contribution in [0.15, 0.2) is 9.95 Å². The monoisotopic (exact) mass is 218 g/mol. The van der Waals surface area contributed by atoms with Crippen LogP contribution in [0.1, 0.15) is 0 Å². The lowest BCUT2D eigenvalue weighted by Gasteiger charge is -2.01. The number of aromatic nitrogens is 3. The lowest BCUT2D eigenvalue weighted by molar-refractivity contribution is 0.158. The third-order valence-electron chi connectivity index (χ3n) is 1.56. The summed E-state index contributed by atoms with van der Waals surface area (Å²) in [5, 5.41) is 6.88. The number of nitrogens with two attached hydrogens (primary N) is 1. The molecule has 0 aromatic carbocycles. The van der Waals surface area contributed by atoms with Gasteiger partial charge < -0.3 is 10.5 Å². The Bertz CT molecular complexity index is 322. The first kappa shape index (κ1) is 11.3. The molecule has 0 bridgehead atoms. The predicted octanol–water partition coefficient (Wildman–Crippen LogP) is -0.824. The Morgan fingerprint density at radius 2 is 2.43 bits per heavy atom. The maximum absolute atomic E-state index is 11.0. The molecule has 80 valence electrons. The van der Waals surface area contributed by atoms with Crippen molar-refractivity contribution in [2.45, 2.75) is 5.16 Å². The van der Waals surface area contributed by atoms with Crippen LogP contribution in [0.5, 0.6) is 0 Å². The molecule has 0 atom stereocenters. The van der Waals surface area contributed by atoms with Crippen molar-refractivity contribution in [2.24, 2.45) is 12.8 Å². The number of rotatable bonds is 6. The molecule has 14 heavy (non-hydrogen) atoms. The van der Waals surface area contributed by atoms with E-state index in [1.807, 2.05) is 0 Å². The van der Waals surface area contributed by atoms with E-state index in [1.165, 1.54) is 16.3 Å². The molecular formula is C7H14N4O2S. The normalized spacial score (nSPS) is 10.7. The van der Waals surface area contributed by atoms with E-state index in [1.54, 1.807) is 7.05 Å². The van der Waals surface area contributed by atoms with E-state index in [-0.39, 0.29) is 5.69 Å². The Labute approximate surface area is 85.8 Å². The molecule has 0 amide bonds. The molecule has 0 aliphatic carbocycles. The SMILES string of the molecule is Cn1c(SCCOCCN)n[nH]c1=O. The summed E-state index contributed by atoms with van der Waals surface area (Å²) >= 11 is 1.47. The molecule has 0 spiro atoms. The molecule has 1 aromatic rings. The lowest BCUT2D eigenvalue weighted by Crippen LogP contribution is -2.13. The highest BCUT2D eigenvalue weighted by Gasteiger charge is 2.03. The van der Waals surface area contributed by atoms with Gasteiger partial charge in [0.25, 0.3) is 0 Å². The lowest BCUT2D eigenvalue weighted by atomic mass is 10.7. The van der Waals surface area contributed by atoms with E-state index in [0.717, 1.165) is 5.75 Å². The molecule has 0 saturated heterocycles. The zero-order valence-corrected chi connectivity index (χ0v) is 8.84. The summed E-state index contributed by atoms with van der Waals surface area (Å²) in [6, 6.07) is 0. The molecule has 6 nitrogen and oxygen atoms in total. The number of H-pyrrole nitrogens is 1. The van der Waals surface area contributed by atoms with E-state index >= 15 is 0 Å². The fourth-order valence-corrected chi connectivity index (χ4v) is 1.61. The molecule has 0 unspecified atom stereocenters. The standard InChI is InChI=1S/C7H14N4O2S/c1-11-6(12)9-10-7(11)14-5-4-13-3-2-8/h2-5,8H2,1H3,(H,9,12). The summed E-state index contributed by atoms with van der Waals surface area (Å²) in [7, 11) is 1.68. The molecule has 7 heteroatoms. The van der Waals surface area contributed by atoms with Gasteiger partial charge in [0.15, 0.2) is 5.16 Å². The van der Waals surface area contributed by atoms with Crippen LogP contribution in [0.4, 0.5) is 0 Å². The first-order valence-corrected chi connectivity index (χ1v) is 5.26. The number of hydrogen-bond acceptors (Lipinski definition) is 5. The summed E-state index contributed by atoms with van der Waals surface area (Å²) in [5.41, 5.74) is 5.06. The summed E-state index contributed by atoms with van der Waals surface area (Å²) in [6.07, 6.45) is 0. The topological polar surface area (TPSA) is 85.9 Å².